The zero-order valence-electron chi connectivity index (χ0n) is 7.22. The third-order valence-corrected chi connectivity index (χ3v) is 1.78. The summed E-state index contributed by atoms with van der Waals surface area (Å²) < 4.78 is 0. The highest BCUT2D eigenvalue weighted by Crippen LogP contribution is 2.27. The Labute approximate surface area is 68.4 Å². The molecule has 0 saturated heterocycles. The van der Waals surface area contributed by atoms with E-state index in [0.29, 0.717) is 12.8 Å². The molecule has 60 valence electrons. The van der Waals surface area contributed by atoms with Crippen LogP contribution >= 0.6 is 0 Å². The largest absolute Gasteiger partial charge is 0.197 e. The Kier molecular flexibility index (Phi) is 4.30. The van der Waals surface area contributed by atoms with Gasteiger partial charge in [0.25, 0.3) is 0 Å². The zero-order chi connectivity index (χ0) is 8.74. The molecule has 0 bridgehead atoms. The van der Waals surface area contributed by atoms with Crippen molar-refractivity contribution in [3.05, 3.63) is 0 Å². The van der Waals surface area contributed by atoms with Crippen LogP contribution in [-0.2, 0) is 0 Å². The minimum Gasteiger partial charge on any atom is -0.197 e. The van der Waals surface area contributed by atoms with Crippen molar-refractivity contribution in [3.63, 3.8) is 0 Å². The van der Waals surface area contributed by atoms with E-state index in [1.807, 2.05) is 13.8 Å². The van der Waals surface area contributed by atoms with Crippen LogP contribution in [-0.4, -0.2) is 0 Å². The van der Waals surface area contributed by atoms with E-state index < -0.39 is 5.41 Å². The second-order valence-corrected chi connectivity index (χ2v) is 2.81. The fraction of sp³-hybridized carbons (Fsp3) is 0.778. The van der Waals surface area contributed by atoms with Crippen molar-refractivity contribution in [1.82, 2.24) is 0 Å². The molecule has 0 radical (unpaired) electrons. The second kappa shape index (κ2) is 4.74. The Hall–Kier alpha value is -1.02. The molecule has 0 aliphatic carbocycles. The van der Waals surface area contributed by atoms with E-state index in [1.54, 1.807) is 0 Å². The van der Waals surface area contributed by atoms with Crippen LogP contribution in [0.2, 0.25) is 0 Å². The van der Waals surface area contributed by atoms with Gasteiger partial charge in [0.15, 0.2) is 0 Å². The average molecular weight is 150 g/mol. The summed E-state index contributed by atoms with van der Waals surface area (Å²) in [6, 6.07) is 4.21. The molecule has 2 nitrogen and oxygen atoms in total. The van der Waals surface area contributed by atoms with Crippen LogP contribution in [0.3, 0.4) is 0 Å². The summed E-state index contributed by atoms with van der Waals surface area (Å²) in [7, 11) is 0. The predicted molar refractivity (Wildman–Crippen MR) is 43.5 cm³/mol. The highest BCUT2D eigenvalue weighted by Gasteiger charge is 2.27. The van der Waals surface area contributed by atoms with Gasteiger partial charge in [-0.2, -0.15) is 10.5 Å². The molecule has 0 aliphatic heterocycles. The van der Waals surface area contributed by atoms with Crippen molar-refractivity contribution in [1.29, 1.82) is 10.5 Å². The maximum Gasteiger partial charge on any atom is 0.143 e. The van der Waals surface area contributed by atoms with E-state index in [2.05, 4.69) is 12.1 Å². The van der Waals surface area contributed by atoms with Gasteiger partial charge in [0.2, 0.25) is 0 Å². The van der Waals surface area contributed by atoms with E-state index in [4.69, 9.17) is 10.5 Å². The van der Waals surface area contributed by atoms with Gasteiger partial charge in [-0.1, -0.05) is 26.7 Å². The van der Waals surface area contributed by atoms with Crippen LogP contribution in [0.25, 0.3) is 0 Å². The SMILES string of the molecule is CCCC(C#N)(C#N)CCC. The first-order valence-electron chi connectivity index (χ1n) is 4.07. The van der Waals surface area contributed by atoms with Gasteiger partial charge in [0.05, 0.1) is 12.1 Å². The highest BCUT2D eigenvalue weighted by molar-refractivity contribution is 5.12. The van der Waals surface area contributed by atoms with Crippen LogP contribution in [0, 0.1) is 28.1 Å². The molecular formula is C9H14N2. The maximum absolute atomic E-state index is 8.77. The summed E-state index contributed by atoms with van der Waals surface area (Å²) in [5.74, 6) is 0. The average Bonchev–Trinajstić information content (AvgIpc) is 2.04. The zero-order valence-corrected chi connectivity index (χ0v) is 7.22. The topological polar surface area (TPSA) is 47.6 Å². The normalized spacial score (nSPS) is 10.2. The monoisotopic (exact) mass is 150 g/mol. The fourth-order valence-electron chi connectivity index (χ4n) is 1.23. The van der Waals surface area contributed by atoms with Crippen LogP contribution in [0.15, 0.2) is 0 Å². The molecule has 2 heteroatoms. The van der Waals surface area contributed by atoms with Crippen molar-refractivity contribution in [2.75, 3.05) is 0 Å². The van der Waals surface area contributed by atoms with Gasteiger partial charge in [-0.15, -0.1) is 0 Å². The third kappa shape index (κ3) is 2.60. The Morgan fingerprint density at radius 3 is 1.55 bits per heavy atom. The number of nitriles is 2. The molecule has 0 aromatic carbocycles. The van der Waals surface area contributed by atoms with Gasteiger partial charge >= 0.3 is 0 Å². The third-order valence-electron chi connectivity index (χ3n) is 1.78. The Morgan fingerprint density at radius 2 is 1.36 bits per heavy atom. The van der Waals surface area contributed by atoms with E-state index in [-0.39, 0.29) is 0 Å². The number of nitrogens with zero attached hydrogens (tertiary/aromatic N) is 2. The van der Waals surface area contributed by atoms with Gasteiger partial charge in [-0.25, -0.2) is 0 Å². The first-order chi connectivity index (χ1) is 5.24. The molecule has 0 N–H and O–H groups in total. The first-order valence-corrected chi connectivity index (χ1v) is 4.07. The van der Waals surface area contributed by atoms with E-state index in [1.165, 1.54) is 0 Å². The Balaban J connectivity index is 4.27. The highest BCUT2D eigenvalue weighted by atomic mass is 14.4. The van der Waals surface area contributed by atoms with Crippen molar-refractivity contribution in [2.45, 2.75) is 39.5 Å². The summed E-state index contributed by atoms with van der Waals surface area (Å²) in [5, 5.41) is 17.5. The first kappa shape index (κ1) is 9.98. The summed E-state index contributed by atoms with van der Waals surface area (Å²) in [4.78, 5) is 0. The van der Waals surface area contributed by atoms with E-state index in [9.17, 15) is 0 Å². The van der Waals surface area contributed by atoms with Crippen molar-refractivity contribution in [3.8, 4) is 12.1 Å². The molecule has 0 atom stereocenters. The van der Waals surface area contributed by atoms with Crippen LogP contribution in [0.4, 0.5) is 0 Å². The quantitative estimate of drug-likeness (QED) is 0.618. The van der Waals surface area contributed by atoms with Crippen molar-refractivity contribution < 1.29 is 0 Å². The van der Waals surface area contributed by atoms with Gasteiger partial charge in [0, 0.05) is 0 Å². The van der Waals surface area contributed by atoms with Crippen LogP contribution in [0.5, 0.6) is 0 Å². The number of rotatable bonds is 4. The maximum atomic E-state index is 8.77. The lowest BCUT2D eigenvalue weighted by Crippen LogP contribution is -2.14. The molecular weight excluding hydrogens is 136 g/mol. The predicted octanol–water partition coefficient (Wildman–Crippen LogP) is 2.62. The van der Waals surface area contributed by atoms with Gasteiger partial charge in [-0.3, -0.25) is 0 Å². The van der Waals surface area contributed by atoms with Crippen molar-refractivity contribution in [2.24, 2.45) is 5.41 Å². The molecule has 0 aromatic heterocycles. The molecule has 0 rings (SSSR count). The Bertz CT molecular complexity index is 161. The van der Waals surface area contributed by atoms with Gasteiger partial charge in [-0.05, 0) is 12.8 Å². The van der Waals surface area contributed by atoms with Gasteiger partial charge < -0.3 is 0 Å². The lowest BCUT2D eigenvalue weighted by atomic mass is 9.82. The standard InChI is InChI=1S/C9H14N2/c1-3-5-9(7-10,8-11)6-4-2/h3-6H2,1-2H3. The fourth-order valence-corrected chi connectivity index (χ4v) is 1.23. The molecule has 11 heavy (non-hydrogen) atoms. The molecule has 0 fully saturated rings. The number of hydrogen-bond acceptors (Lipinski definition) is 2. The Morgan fingerprint density at radius 1 is 1.00 bits per heavy atom. The van der Waals surface area contributed by atoms with Crippen LogP contribution in [0.1, 0.15) is 39.5 Å². The minimum atomic E-state index is -0.705. The molecule has 0 aliphatic rings. The van der Waals surface area contributed by atoms with Gasteiger partial charge in [0.1, 0.15) is 5.41 Å². The van der Waals surface area contributed by atoms with E-state index >= 15 is 0 Å². The van der Waals surface area contributed by atoms with Crippen molar-refractivity contribution >= 4 is 0 Å². The molecule has 0 heterocycles. The second-order valence-electron chi connectivity index (χ2n) is 2.81. The minimum absolute atomic E-state index is 0.702. The summed E-state index contributed by atoms with van der Waals surface area (Å²) in [6.07, 6.45) is 3.21. The molecule has 0 aromatic rings. The number of hydrogen-bond donors (Lipinski definition) is 0. The lowest BCUT2D eigenvalue weighted by molar-refractivity contribution is 0.429. The summed E-state index contributed by atoms with van der Waals surface area (Å²) >= 11 is 0. The summed E-state index contributed by atoms with van der Waals surface area (Å²) in [6.45, 7) is 4.00. The summed E-state index contributed by atoms with van der Waals surface area (Å²) in [5.41, 5.74) is -0.705. The van der Waals surface area contributed by atoms with Crippen LogP contribution < -0.4 is 0 Å². The smallest absolute Gasteiger partial charge is 0.143 e. The molecule has 0 unspecified atom stereocenters. The lowest BCUT2D eigenvalue weighted by Gasteiger charge is -2.15. The molecule has 0 spiro atoms. The molecule has 0 amide bonds. The van der Waals surface area contributed by atoms with E-state index in [0.717, 1.165) is 12.8 Å². The molecule has 0 saturated carbocycles.